The molecule has 1 amide bonds. The fourth-order valence-electron chi connectivity index (χ4n) is 2.27. The number of amides is 1. The smallest absolute Gasteiger partial charge is 0.226 e. The first-order valence-corrected chi connectivity index (χ1v) is 7.47. The Bertz CT molecular complexity index is 607. The molecular formula is C13H14ClN3OS. The van der Waals surface area contributed by atoms with Gasteiger partial charge in [0.1, 0.15) is 0 Å². The van der Waals surface area contributed by atoms with Crippen LogP contribution in [0.4, 0.5) is 5.13 Å². The van der Waals surface area contributed by atoms with Crippen molar-refractivity contribution in [3.05, 3.63) is 23.2 Å². The third kappa shape index (κ3) is 3.05. The van der Waals surface area contributed by atoms with E-state index >= 15 is 0 Å². The zero-order valence-electron chi connectivity index (χ0n) is 10.3. The number of benzene rings is 1. The quantitative estimate of drug-likeness (QED) is 0.915. The third-order valence-electron chi connectivity index (χ3n) is 3.23. The summed E-state index contributed by atoms with van der Waals surface area (Å²) in [6.45, 7) is 1.94. The molecule has 19 heavy (non-hydrogen) atoms. The van der Waals surface area contributed by atoms with E-state index in [-0.39, 0.29) is 5.91 Å². The molecule has 1 saturated heterocycles. The SMILES string of the molecule is O=C(CC1CCNC1)Nc1nc2ccc(Cl)cc2s1. The summed E-state index contributed by atoms with van der Waals surface area (Å²) < 4.78 is 0.991. The number of aromatic nitrogens is 1. The number of carbonyl (C=O) groups excluding carboxylic acids is 1. The van der Waals surface area contributed by atoms with Gasteiger partial charge in [0.2, 0.25) is 5.91 Å². The molecule has 1 aromatic heterocycles. The number of anilines is 1. The van der Waals surface area contributed by atoms with Crippen LogP contribution in [0.25, 0.3) is 10.2 Å². The molecule has 1 unspecified atom stereocenters. The van der Waals surface area contributed by atoms with Crippen LogP contribution in [0, 0.1) is 5.92 Å². The number of rotatable bonds is 3. The molecule has 0 bridgehead atoms. The van der Waals surface area contributed by atoms with Crippen molar-refractivity contribution < 1.29 is 4.79 Å². The molecule has 2 N–H and O–H groups in total. The van der Waals surface area contributed by atoms with Crippen molar-refractivity contribution in [1.29, 1.82) is 0 Å². The fraction of sp³-hybridized carbons (Fsp3) is 0.385. The van der Waals surface area contributed by atoms with E-state index in [4.69, 9.17) is 11.6 Å². The van der Waals surface area contributed by atoms with E-state index in [9.17, 15) is 4.79 Å². The first-order chi connectivity index (χ1) is 9.20. The van der Waals surface area contributed by atoms with Gasteiger partial charge in [0, 0.05) is 11.4 Å². The topological polar surface area (TPSA) is 54.0 Å². The van der Waals surface area contributed by atoms with Crippen molar-refractivity contribution in [3.8, 4) is 0 Å². The normalized spacial score (nSPS) is 18.9. The molecule has 6 heteroatoms. The number of thiazole rings is 1. The molecule has 1 aromatic carbocycles. The molecule has 0 radical (unpaired) electrons. The van der Waals surface area contributed by atoms with Crippen LogP contribution < -0.4 is 10.6 Å². The van der Waals surface area contributed by atoms with Crippen LogP contribution in [0.1, 0.15) is 12.8 Å². The van der Waals surface area contributed by atoms with Crippen LogP contribution in [-0.2, 0) is 4.79 Å². The lowest BCUT2D eigenvalue weighted by atomic mass is 10.1. The average Bonchev–Trinajstić information content (AvgIpc) is 2.97. The number of halogens is 1. The van der Waals surface area contributed by atoms with Gasteiger partial charge in [-0.1, -0.05) is 22.9 Å². The highest BCUT2D eigenvalue weighted by molar-refractivity contribution is 7.22. The summed E-state index contributed by atoms with van der Waals surface area (Å²) in [4.78, 5) is 16.3. The second-order valence-electron chi connectivity index (χ2n) is 4.74. The van der Waals surface area contributed by atoms with Gasteiger partial charge in [-0.25, -0.2) is 4.98 Å². The Kier molecular flexibility index (Phi) is 3.68. The van der Waals surface area contributed by atoms with Crippen molar-refractivity contribution in [1.82, 2.24) is 10.3 Å². The molecule has 100 valence electrons. The molecule has 4 nitrogen and oxygen atoms in total. The predicted molar refractivity (Wildman–Crippen MR) is 78.9 cm³/mol. The lowest BCUT2D eigenvalue weighted by Crippen LogP contribution is -2.18. The Morgan fingerprint density at radius 2 is 2.47 bits per heavy atom. The Balaban J connectivity index is 1.68. The van der Waals surface area contributed by atoms with Crippen LogP contribution in [-0.4, -0.2) is 24.0 Å². The van der Waals surface area contributed by atoms with Crippen molar-refractivity contribution in [2.75, 3.05) is 18.4 Å². The zero-order chi connectivity index (χ0) is 13.2. The highest BCUT2D eigenvalue weighted by Crippen LogP contribution is 2.28. The number of hydrogen-bond acceptors (Lipinski definition) is 4. The van der Waals surface area contributed by atoms with Crippen molar-refractivity contribution in [2.24, 2.45) is 5.92 Å². The summed E-state index contributed by atoms with van der Waals surface area (Å²) in [5, 5.41) is 7.47. The predicted octanol–water partition coefficient (Wildman–Crippen LogP) is 2.89. The molecule has 0 aliphatic carbocycles. The molecule has 3 rings (SSSR count). The van der Waals surface area contributed by atoms with Gasteiger partial charge < -0.3 is 10.6 Å². The highest BCUT2D eigenvalue weighted by atomic mass is 35.5. The molecule has 2 heterocycles. The summed E-state index contributed by atoms with van der Waals surface area (Å²) in [6.07, 6.45) is 1.63. The molecule has 1 aliphatic heterocycles. The average molecular weight is 296 g/mol. The van der Waals surface area contributed by atoms with Gasteiger partial charge in [-0.2, -0.15) is 0 Å². The van der Waals surface area contributed by atoms with Gasteiger partial charge in [-0.15, -0.1) is 0 Å². The maximum Gasteiger partial charge on any atom is 0.226 e. The summed E-state index contributed by atoms with van der Waals surface area (Å²) in [5.74, 6) is 0.489. The van der Waals surface area contributed by atoms with Gasteiger partial charge in [0.25, 0.3) is 0 Å². The Morgan fingerprint density at radius 1 is 1.58 bits per heavy atom. The molecule has 0 saturated carbocycles. The minimum absolute atomic E-state index is 0.0406. The van der Waals surface area contributed by atoms with Crippen LogP contribution in [0.3, 0.4) is 0 Å². The van der Waals surface area contributed by atoms with Crippen molar-refractivity contribution >= 4 is 44.2 Å². The summed E-state index contributed by atoms with van der Waals surface area (Å²) in [7, 11) is 0. The summed E-state index contributed by atoms with van der Waals surface area (Å²) in [6, 6.07) is 5.54. The van der Waals surface area contributed by atoms with E-state index in [0.29, 0.717) is 22.5 Å². The first kappa shape index (κ1) is 12.8. The van der Waals surface area contributed by atoms with Crippen LogP contribution in [0.15, 0.2) is 18.2 Å². The lowest BCUT2D eigenvalue weighted by molar-refractivity contribution is -0.116. The number of nitrogens with zero attached hydrogens (tertiary/aromatic N) is 1. The fourth-order valence-corrected chi connectivity index (χ4v) is 3.43. The number of hydrogen-bond donors (Lipinski definition) is 2. The standard InChI is InChI=1S/C13H14ClN3OS/c14-9-1-2-10-11(6-9)19-13(16-10)17-12(18)5-8-3-4-15-7-8/h1-2,6,8,15H,3-5,7H2,(H,16,17,18). The Hall–Kier alpha value is -1.17. The van der Waals surface area contributed by atoms with E-state index in [1.54, 1.807) is 6.07 Å². The molecule has 1 atom stereocenters. The van der Waals surface area contributed by atoms with Gasteiger partial charge in [0.05, 0.1) is 10.2 Å². The molecule has 1 fully saturated rings. The lowest BCUT2D eigenvalue weighted by Gasteiger charge is -2.06. The molecule has 2 aromatic rings. The molecule has 0 spiro atoms. The number of carbonyl (C=O) groups is 1. The third-order valence-corrected chi connectivity index (χ3v) is 4.40. The van der Waals surface area contributed by atoms with Crippen LogP contribution in [0.5, 0.6) is 0 Å². The van der Waals surface area contributed by atoms with Gasteiger partial charge in [-0.05, 0) is 43.6 Å². The maximum absolute atomic E-state index is 11.9. The maximum atomic E-state index is 11.9. The van der Waals surface area contributed by atoms with Crippen molar-refractivity contribution in [2.45, 2.75) is 12.8 Å². The van der Waals surface area contributed by atoms with Crippen LogP contribution in [0.2, 0.25) is 5.02 Å². The number of nitrogens with one attached hydrogen (secondary N) is 2. The zero-order valence-corrected chi connectivity index (χ0v) is 11.9. The monoisotopic (exact) mass is 295 g/mol. The van der Waals surface area contributed by atoms with E-state index in [1.165, 1.54) is 11.3 Å². The number of fused-ring (bicyclic) bond motifs is 1. The van der Waals surface area contributed by atoms with Crippen molar-refractivity contribution in [3.63, 3.8) is 0 Å². The Morgan fingerprint density at radius 3 is 3.26 bits per heavy atom. The van der Waals surface area contributed by atoms with Gasteiger partial charge in [0.15, 0.2) is 5.13 Å². The summed E-state index contributed by atoms with van der Waals surface area (Å²) in [5.41, 5.74) is 0.868. The second-order valence-corrected chi connectivity index (χ2v) is 6.21. The largest absolute Gasteiger partial charge is 0.316 e. The second kappa shape index (κ2) is 5.45. The minimum atomic E-state index is 0.0406. The highest BCUT2D eigenvalue weighted by Gasteiger charge is 2.18. The molecular weight excluding hydrogens is 282 g/mol. The first-order valence-electron chi connectivity index (χ1n) is 6.27. The van der Waals surface area contributed by atoms with Gasteiger partial charge in [-0.3, -0.25) is 4.79 Å². The van der Waals surface area contributed by atoms with E-state index in [2.05, 4.69) is 15.6 Å². The Labute approximate surface area is 120 Å². The van der Waals surface area contributed by atoms with E-state index in [1.807, 2.05) is 12.1 Å². The molecule has 1 aliphatic rings. The van der Waals surface area contributed by atoms with E-state index in [0.717, 1.165) is 29.7 Å². The van der Waals surface area contributed by atoms with Crippen LogP contribution >= 0.6 is 22.9 Å². The van der Waals surface area contributed by atoms with E-state index < -0.39 is 0 Å². The van der Waals surface area contributed by atoms with Gasteiger partial charge >= 0.3 is 0 Å². The minimum Gasteiger partial charge on any atom is -0.316 e. The summed E-state index contributed by atoms with van der Waals surface area (Å²) >= 11 is 7.39.